The van der Waals surface area contributed by atoms with Gasteiger partial charge in [-0.05, 0) is 111 Å². The molecule has 2 spiro atoms. The van der Waals surface area contributed by atoms with E-state index in [2.05, 4.69) is 44.4 Å². The highest BCUT2D eigenvalue weighted by atomic mass is 16.7. The molecule has 3 heterocycles. The van der Waals surface area contributed by atoms with Crippen molar-refractivity contribution in [2.75, 3.05) is 59.1 Å². The Balaban J connectivity index is 0.973. The molecule has 8 aliphatic rings. The summed E-state index contributed by atoms with van der Waals surface area (Å²) in [5.41, 5.74) is -0.969. The molecule has 0 bridgehead atoms. The van der Waals surface area contributed by atoms with E-state index in [1.54, 1.807) is 13.8 Å². The zero-order valence-corrected chi connectivity index (χ0v) is 33.5. The second-order valence-electron chi connectivity index (χ2n) is 20.4. The lowest BCUT2D eigenvalue weighted by molar-refractivity contribution is -0.249. The SMILES string of the molecule is CC(=O)O[C@@H]([C@H]1C[C@@H](C)C2C(O1)[C@H](O)[C@@]1(C)[C@@H]3CC[C@H]4C(C)(C)[C@@H](OC5CN(CCN6CCOCC6)CCO5)CC[C@@]45C[C@@]35CC[C@]21C)C(C)(C)O. The molecule has 5 aliphatic carbocycles. The summed E-state index contributed by atoms with van der Waals surface area (Å²) in [5.74, 6) is 1.11. The monoisotopic (exact) mass is 731 g/mol. The first-order valence-electron chi connectivity index (χ1n) is 21.0. The molecular formula is C42H70N2O8. The molecule has 0 aromatic carbocycles. The Morgan fingerprint density at radius 2 is 1.62 bits per heavy atom. The van der Waals surface area contributed by atoms with Crippen LogP contribution in [-0.4, -0.2) is 127 Å². The number of aliphatic hydroxyl groups is 2. The topological polar surface area (TPSA) is 110 Å². The summed E-state index contributed by atoms with van der Waals surface area (Å²) in [5, 5.41) is 23.7. The van der Waals surface area contributed by atoms with Gasteiger partial charge in [-0.3, -0.25) is 14.6 Å². The lowest BCUT2D eigenvalue weighted by Crippen LogP contribution is -2.60. The maximum absolute atomic E-state index is 12.6. The second kappa shape index (κ2) is 13.1. The minimum absolute atomic E-state index is 0.0454. The van der Waals surface area contributed by atoms with Gasteiger partial charge in [0.05, 0.1) is 49.8 Å². The van der Waals surface area contributed by atoms with Gasteiger partial charge in [-0.1, -0.05) is 34.6 Å². The number of rotatable bonds is 8. The van der Waals surface area contributed by atoms with Gasteiger partial charge < -0.3 is 33.9 Å². The first-order chi connectivity index (χ1) is 24.5. The largest absolute Gasteiger partial charge is 0.457 e. The minimum Gasteiger partial charge on any atom is -0.457 e. The van der Waals surface area contributed by atoms with Crippen molar-refractivity contribution in [2.45, 2.75) is 149 Å². The van der Waals surface area contributed by atoms with Crippen LogP contribution in [0.1, 0.15) is 107 Å². The molecule has 14 atom stereocenters. The van der Waals surface area contributed by atoms with Crippen LogP contribution in [0.3, 0.4) is 0 Å². The van der Waals surface area contributed by atoms with Gasteiger partial charge in [0, 0.05) is 51.6 Å². The molecule has 3 aliphatic heterocycles. The number of hydrogen-bond acceptors (Lipinski definition) is 10. The number of carbonyl (C=O) groups excluding carboxylic acids is 1. The molecule has 0 aromatic heterocycles. The summed E-state index contributed by atoms with van der Waals surface area (Å²) < 4.78 is 31.4. The standard InChI is InChI=1S/C42H70N2O8/c1-26-23-28(36(38(5,6)47)50-27(2)45)51-34-33(26)39(7)13-14-42-25-41(42)12-11-31(37(3,4)29(41)9-10-30(42)40(39,8)35(34)46)52-32-24-44(19-22-49-32)16-15-43-17-20-48-21-18-43/h26,28-36,46-47H,9-25H2,1-8H3/t26-,28-,29+,30+,31+,32?,33?,34?,35+,36+,39-,40-,41-,42+/m1/s1. The molecular weight excluding hydrogens is 660 g/mol. The van der Waals surface area contributed by atoms with Crippen LogP contribution in [0.2, 0.25) is 0 Å². The molecule has 0 aromatic rings. The summed E-state index contributed by atoms with van der Waals surface area (Å²) in [6, 6.07) is 0. The maximum atomic E-state index is 12.6. The Hall–Kier alpha value is -0.850. The highest BCUT2D eigenvalue weighted by Gasteiger charge is 2.84. The van der Waals surface area contributed by atoms with E-state index in [0.29, 0.717) is 23.7 Å². The molecule has 10 heteroatoms. The molecule has 0 amide bonds. The molecule has 52 heavy (non-hydrogen) atoms. The lowest BCUT2D eigenvalue weighted by Gasteiger charge is -2.64. The van der Waals surface area contributed by atoms with Gasteiger partial charge in [0.25, 0.3) is 0 Å². The average Bonchev–Trinajstić information content (AvgIpc) is 3.72. The van der Waals surface area contributed by atoms with Gasteiger partial charge in [-0.2, -0.15) is 0 Å². The smallest absolute Gasteiger partial charge is 0.303 e. The third-order valence-corrected chi connectivity index (χ3v) is 17.4. The quantitative estimate of drug-likeness (QED) is 0.336. The van der Waals surface area contributed by atoms with Crippen LogP contribution >= 0.6 is 0 Å². The minimum atomic E-state index is -1.25. The van der Waals surface area contributed by atoms with E-state index < -0.39 is 29.9 Å². The number of ether oxygens (including phenoxy) is 5. The number of esters is 1. The summed E-state index contributed by atoms with van der Waals surface area (Å²) in [4.78, 5) is 17.2. The fraction of sp³-hybridized carbons (Fsp3) is 0.976. The van der Waals surface area contributed by atoms with Crippen LogP contribution in [0, 0.1) is 50.7 Å². The van der Waals surface area contributed by atoms with E-state index in [-0.39, 0.29) is 52.0 Å². The van der Waals surface area contributed by atoms with Gasteiger partial charge in [0.2, 0.25) is 0 Å². The third kappa shape index (κ3) is 5.64. The Bertz CT molecular complexity index is 1350. The van der Waals surface area contributed by atoms with Crippen LogP contribution in [-0.2, 0) is 28.5 Å². The molecule has 8 rings (SSSR count). The zero-order chi connectivity index (χ0) is 37.1. The van der Waals surface area contributed by atoms with Crippen molar-refractivity contribution in [2.24, 2.45) is 50.7 Å². The fourth-order valence-corrected chi connectivity index (χ4v) is 14.8. The van der Waals surface area contributed by atoms with Crippen molar-refractivity contribution in [1.82, 2.24) is 9.80 Å². The number of nitrogens with zero attached hydrogens (tertiary/aromatic N) is 2. The van der Waals surface area contributed by atoms with Crippen molar-refractivity contribution in [3.63, 3.8) is 0 Å². The van der Waals surface area contributed by atoms with Crippen molar-refractivity contribution >= 4 is 5.97 Å². The van der Waals surface area contributed by atoms with Crippen LogP contribution in [0.25, 0.3) is 0 Å². The van der Waals surface area contributed by atoms with Gasteiger partial charge in [-0.15, -0.1) is 0 Å². The highest BCUT2D eigenvalue weighted by molar-refractivity contribution is 5.66. The van der Waals surface area contributed by atoms with E-state index in [1.807, 2.05) is 0 Å². The summed E-state index contributed by atoms with van der Waals surface area (Å²) in [6.07, 6.45) is 6.74. The Morgan fingerprint density at radius 3 is 2.33 bits per heavy atom. The van der Waals surface area contributed by atoms with Crippen LogP contribution < -0.4 is 0 Å². The molecule has 2 N–H and O–H groups in total. The summed E-state index contributed by atoms with van der Waals surface area (Å²) in [7, 11) is 0. The predicted molar refractivity (Wildman–Crippen MR) is 196 cm³/mol. The van der Waals surface area contributed by atoms with Crippen molar-refractivity contribution in [1.29, 1.82) is 0 Å². The van der Waals surface area contributed by atoms with E-state index in [9.17, 15) is 15.0 Å². The Labute approximate surface area is 312 Å². The van der Waals surface area contributed by atoms with Crippen molar-refractivity contribution in [3.05, 3.63) is 0 Å². The van der Waals surface area contributed by atoms with Gasteiger partial charge in [0.1, 0.15) is 0 Å². The van der Waals surface area contributed by atoms with Crippen molar-refractivity contribution < 1.29 is 38.7 Å². The third-order valence-electron chi connectivity index (χ3n) is 17.4. The molecule has 3 saturated heterocycles. The van der Waals surface area contributed by atoms with Gasteiger partial charge in [0.15, 0.2) is 12.4 Å². The molecule has 296 valence electrons. The lowest BCUT2D eigenvalue weighted by atomic mass is 9.41. The number of morpholine rings is 2. The maximum Gasteiger partial charge on any atom is 0.303 e. The predicted octanol–water partition coefficient (Wildman–Crippen LogP) is 4.88. The van der Waals surface area contributed by atoms with Gasteiger partial charge in [-0.25, -0.2) is 0 Å². The first kappa shape index (κ1) is 38.0. The Kier molecular flexibility index (Phi) is 9.59. The number of fused-ring (bicyclic) bond motifs is 4. The number of hydrogen-bond donors (Lipinski definition) is 2. The summed E-state index contributed by atoms with van der Waals surface area (Å²) >= 11 is 0. The molecule has 10 nitrogen and oxygen atoms in total. The second-order valence-corrected chi connectivity index (χ2v) is 20.4. The summed E-state index contributed by atoms with van der Waals surface area (Å²) in [6.45, 7) is 25.3. The van der Waals surface area contributed by atoms with E-state index in [1.165, 1.54) is 32.6 Å². The van der Waals surface area contributed by atoms with Crippen molar-refractivity contribution in [3.8, 4) is 0 Å². The Morgan fingerprint density at radius 1 is 0.942 bits per heavy atom. The van der Waals surface area contributed by atoms with Crippen LogP contribution in [0.4, 0.5) is 0 Å². The average molecular weight is 731 g/mol. The normalized spacial score (nSPS) is 49.5. The van der Waals surface area contributed by atoms with E-state index in [4.69, 9.17) is 23.7 Å². The fourth-order valence-electron chi connectivity index (χ4n) is 14.8. The van der Waals surface area contributed by atoms with E-state index >= 15 is 0 Å². The highest BCUT2D eigenvalue weighted by Crippen LogP contribution is 2.89. The van der Waals surface area contributed by atoms with Gasteiger partial charge >= 0.3 is 5.97 Å². The number of carbonyl (C=O) groups is 1. The zero-order valence-electron chi connectivity index (χ0n) is 33.5. The first-order valence-corrected chi connectivity index (χ1v) is 21.0. The van der Waals surface area contributed by atoms with Crippen LogP contribution in [0.5, 0.6) is 0 Å². The molecule has 5 saturated carbocycles. The molecule has 3 unspecified atom stereocenters. The van der Waals surface area contributed by atoms with Crippen LogP contribution in [0.15, 0.2) is 0 Å². The molecule has 8 fully saturated rings. The molecule has 0 radical (unpaired) electrons. The number of aliphatic hydroxyl groups excluding tert-OH is 1. The van der Waals surface area contributed by atoms with E-state index in [0.717, 1.165) is 78.4 Å².